The van der Waals surface area contributed by atoms with Crippen molar-refractivity contribution < 1.29 is 14.6 Å². The standard InChI is InChI=1S/C42H65NO5/c1-5-9-13-16-18-19-21-23-28-42(27-22-20-17-14-10-6-2)35-31-33(41(46)47)25-26-36(35)43(29-24-15-11-7-3)37(42)32-34-38(44)39(45)40(34)48-30-12-8-4/h25-26,31-32H,5-24,27-30H2,1-4H3,(H,46,47)/b37-32+. The number of hydrogen-bond donors (Lipinski definition) is 1. The lowest BCUT2D eigenvalue weighted by molar-refractivity contribution is 0.0696. The second-order valence-electron chi connectivity index (χ2n) is 14.2. The molecule has 0 fully saturated rings. The third-order valence-corrected chi connectivity index (χ3v) is 10.4. The molecule has 1 heterocycles. The predicted octanol–water partition coefficient (Wildman–Crippen LogP) is 11.1. The summed E-state index contributed by atoms with van der Waals surface area (Å²) < 4.78 is 5.93. The Morgan fingerprint density at radius 1 is 0.708 bits per heavy atom. The Hall–Kier alpha value is -2.89. The monoisotopic (exact) mass is 663 g/mol. The van der Waals surface area contributed by atoms with Gasteiger partial charge >= 0.3 is 5.97 Å². The Kier molecular flexibility index (Phi) is 17.5. The highest BCUT2D eigenvalue weighted by atomic mass is 16.5. The average Bonchev–Trinajstić information content (AvgIpc) is 3.34. The molecule has 0 spiro atoms. The third-order valence-electron chi connectivity index (χ3n) is 10.4. The summed E-state index contributed by atoms with van der Waals surface area (Å²) in [6.07, 6.45) is 26.7. The summed E-state index contributed by atoms with van der Waals surface area (Å²) in [6, 6.07) is 5.63. The van der Waals surface area contributed by atoms with E-state index >= 15 is 0 Å². The van der Waals surface area contributed by atoms with Gasteiger partial charge in [0.05, 0.1) is 17.7 Å². The first-order valence-electron chi connectivity index (χ1n) is 19.7. The highest BCUT2D eigenvalue weighted by Gasteiger charge is 2.47. The number of fused-ring (bicyclic) bond motifs is 1. The second kappa shape index (κ2) is 21.3. The quantitative estimate of drug-likeness (QED) is 0.0756. The highest BCUT2D eigenvalue weighted by molar-refractivity contribution is 5.90. The topological polar surface area (TPSA) is 83.9 Å². The average molecular weight is 664 g/mol. The van der Waals surface area contributed by atoms with Crippen LogP contribution in [0.25, 0.3) is 6.08 Å². The van der Waals surface area contributed by atoms with Crippen molar-refractivity contribution in [1.82, 2.24) is 0 Å². The van der Waals surface area contributed by atoms with Crippen LogP contribution in [0.1, 0.15) is 190 Å². The number of carboxylic acid groups (broad SMARTS) is 1. The van der Waals surface area contributed by atoms with Crippen LogP contribution in [0, 0.1) is 0 Å². The van der Waals surface area contributed by atoms with Gasteiger partial charge in [0.25, 0.3) is 5.43 Å². The maximum Gasteiger partial charge on any atom is 0.335 e. The molecule has 1 aliphatic rings. The maximum atomic E-state index is 13.2. The number of carboxylic acids is 1. The van der Waals surface area contributed by atoms with Gasteiger partial charge in [0.2, 0.25) is 5.43 Å². The molecule has 3 rings (SSSR count). The predicted molar refractivity (Wildman–Crippen MR) is 202 cm³/mol. The van der Waals surface area contributed by atoms with Gasteiger partial charge in [0.15, 0.2) is 5.75 Å². The summed E-state index contributed by atoms with van der Waals surface area (Å²) in [4.78, 5) is 40.6. The van der Waals surface area contributed by atoms with Crippen LogP contribution in [0.5, 0.6) is 5.75 Å². The highest BCUT2D eigenvalue weighted by Crippen LogP contribution is 2.55. The van der Waals surface area contributed by atoms with Crippen LogP contribution in [0.2, 0.25) is 0 Å². The minimum Gasteiger partial charge on any atom is -0.489 e. The molecule has 0 saturated heterocycles. The largest absolute Gasteiger partial charge is 0.489 e. The normalized spacial score (nSPS) is 16.7. The minimum atomic E-state index is -0.917. The van der Waals surface area contributed by atoms with E-state index in [1.807, 2.05) is 18.2 Å². The molecule has 268 valence electrons. The van der Waals surface area contributed by atoms with Crippen LogP contribution < -0.4 is 20.5 Å². The molecule has 0 radical (unpaired) electrons. The minimum absolute atomic E-state index is 0.203. The molecule has 0 aromatic heterocycles. The third kappa shape index (κ3) is 10.6. The van der Waals surface area contributed by atoms with E-state index in [0.717, 1.165) is 101 Å². The number of aromatic carboxylic acids is 1. The van der Waals surface area contributed by atoms with Crippen LogP contribution in [-0.4, -0.2) is 24.2 Å². The molecule has 0 saturated carbocycles. The lowest BCUT2D eigenvalue weighted by Crippen LogP contribution is -2.37. The van der Waals surface area contributed by atoms with Gasteiger partial charge < -0.3 is 14.7 Å². The molecule has 1 unspecified atom stereocenters. The van der Waals surface area contributed by atoms with Crippen molar-refractivity contribution in [1.29, 1.82) is 0 Å². The van der Waals surface area contributed by atoms with E-state index in [2.05, 4.69) is 32.6 Å². The summed E-state index contributed by atoms with van der Waals surface area (Å²) in [5, 5.41) is 10.1. The molecule has 2 aromatic rings. The van der Waals surface area contributed by atoms with Crippen molar-refractivity contribution >= 4 is 17.7 Å². The Morgan fingerprint density at radius 3 is 1.77 bits per heavy atom. The fourth-order valence-electron chi connectivity index (χ4n) is 7.50. The molecule has 1 atom stereocenters. The first-order chi connectivity index (χ1) is 23.4. The van der Waals surface area contributed by atoms with E-state index in [9.17, 15) is 19.5 Å². The maximum absolute atomic E-state index is 13.2. The Morgan fingerprint density at radius 2 is 1.23 bits per heavy atom. The van der Waals surface area contributed by atoms with Gasteiger partial charge in [-0.3, -0.25) is 9.59 Å². The van der Waals surface area contributed by atoms with Crippen LogP contribution in [0.3, 0.4) is 0 Å². The molecule has 1 aliphatic heterocycles. The Bertz CT molecular complexity index is 1350. The van der Waals surface area contributed by atoms with Crippen molar-refractivity contribution in [3.05, 3.63) is 61.0 Å². The van der Waals surface area contributed by atoms with Crippen LogP contribution in [0.4, 0.5) is 5.69 Å². The Labute approximate surface area is 291 Å². The number of anilines is 1. The molecule has 0 bridgehead atoms. The lowest BCUT2D eigenvalue weighted by atomic mass is 9.71. The summed E-state index contributed by atoms with van der Waals surface area (Å²) in [7, 11) is 0. The van der Waals surface area contributed by atoms with Gasteiger partial charge in [-0.05, 0) is 55.5 Å². The fourth-order valence-corrected chi connectivity index (χ4v) is 7.50. The van der Waals surface area contributed by atoms with Gasteiger partial charge in [0, 0.05) is 23.3 Å². The molecule has 1 N–H and O–H groups in total. The molecule has 0 aliphatic carbocycles. The van der Waals surface area contributed by atoms with Crippen molar-refractivity contribution in [2.45, 2.75) is 174 Å². The van der Waals surface area contributed by atoms with Gasteiger partial charge in [-0.15, -0.1) is 0 Å². The van der Waals surface area contributed by atoms with E-state index in [1.165, 1.54) is 64.2 Å². The zero-order valence-corrected chi connectivity index (χ0v) is 30.8. The zero-order valence-electron chi connectivity index (χ0n) is 30.8. The number of carbonyl (C=O) groups is 1. The number of ether oxygens (including phenoxy) is 1. The van der Waals surface area contributed by atoms with E-state index < -0.39 is 22.2 Å². The Balaban J connectivity index is 2.10. The van der Waals surface area contributed by atoms with E-state index in [1.54, 1.807) is 6.07 Å². The summed E-state index contributed by atoms with van der Waals surface area (Å²) >= 11 is 0. The number of nitrogens with zero attached hydrogens (tertiary/aromatic N) is 1. The fraction of sp³-hybridized carbons (Fsp3) is 0.690. The first-order valence-corrected chi connectivity index (χ1v) is 19.7. The smallest absolute Gasteiger partial charge is 0.335 e. The molecular formula is C42H65NO5. The molecule has 2 aromatic carbocycles. The first kappa shape index (κ1) is 39.5. The van der Waals surface area contributed by atoms with Gasteiger partial charge in [-0.25, -0.2) is 4.79 Å². The van der Waals surface area contributed by atoms with Crippen molar-refractivity contribution in [3.8, 4) is 5.75 Å². The number of unbranched alkanes of at least 4 members (excludes halogenated alkanes) is 16. The van der Waals surface area contributed by atoms with Crippen molar-refractivity contribution in [3.63, 3.8) is 0 Å². The molecule has 6 heteroatoms. The SMILES string of the molecule is CCCCCCCCCCC1(CCCCCCCC)/C(=C\c2c(OCCCC)c(=O)c2=O)N(CCCCCC)c2ccc(C(=O)O)cc21. The van der Waals surface area contributed by atoms with Gasteiger partial charge in [-0.2, -0.15) is 0 Å². The second-order valence-corrected chi connectivity index (χ2v) is 14.2. The molecule has 48 heavy (non-hydrogen) atoms. The molecule has 6 nitrogen and oxygen atoms in total. The number of allylic oxidation sites excluding steroid dienone is 1. The van der Waals surface area contributed by atoms with Crippen LogP contribution >= 0.6 is 0 Å². The number of rotatable bonds is 27. The van der Waals surface area contributed by atoms with Crippen LogP contribution in [-0.2, 0) is 5.41 Å². The van der Waals surface area contributed by atoms with Crippen molar-refractivity contribution in [2.24, 2.45) is 0 Å². The zero-order chi connectivity index (χ0) is 34.8. The van der Waals surface area contributed by atoms with Gasteiger partial charge in [0.1, 0.15) is 0 Å². The number of benzene rings is 1. The van der Waals surface area contributed by atoms with E-state index in [-0.39, 0.29) is 5.75 Å². The summed E-state index contributed by atoms with van der Waals surface area (Å²) in [5.74, 6) is -0.714. The van der Waals surface area contributed by atoms with Gasteiger partial charge in [-0.1, -0.05) is 143 Å². The van der Waals surface area contributed by atoms with E-state index in [4.69, 9.17) is 4.74 Å². The van der Waals surface area contributed by atoms with E-state index in [0.29, 0.717) is 17.7 Å². The summed E-state index contributed by atoms with van der Waals surface area (Å²) in [6.45, 7) is 9.99. The molecule has 0 amide bonds. The molecular weight excluding hydrogens is 598 g/mol. The summed E-state index contributed by atoms with van der Waals surface area (Å²) in [5.41, 5.74) is 2.46. The number of hydrogen-bond acceptors (Lipinski definition) is 5. The van der Waals surface area contributed by atoms with Crippen molar-refractivity contribution in [2.75, 3.05) is 18.1 Å². The van der Waals surface area contributed by atoms with Crippen LogP contribution in [0.15, 0.2) is 33.5 Å². The lowest BCUT2D eigenvalue weighted by Gasteiger charge is -2.35.